The number of nitrogens with zero attached hydrogens (tertiary/aromatic N) is 1. The van der Waals surface area contributed by atoms with Crippen LogP contribution >= 0.6 is 0 Å². The number of ketones is 1. The Balaban J connectivity index is 2.00. The largest absolute Gasteiger partial charge is 0.465 e. The average molecular weight is 379 g/mol. The number of hydrogen-bond donors (Lipinski definition) is 0. The molecule has 0 radical (unpaired) electrons. The van der Waals surface area contributed by atoms with Gasteiger partial charge in [0.1, 0.15) is 5.89 Å². The molecule has 0 saturated carbocycles. The summed E-state index contributed by atoms with van der Waals surface area (Å²) in [6, 6.07) is 15.1. The van der Waals surface area contributed by atoms with Crippen molar-refractivity contribution in [1.29, 1.82) is 0 Å². The van der Waals surface area contributed by atoms with Crippen LogP contribution in [0.1, 0.15) is 26.4 Å². The molecule has 2 amide bonds. The van der Waals surface area contributed by atoms with Crippen LogP contribution in [-0.2, 0) is 19.1 Å². The van der Waals surface area contributed by atoms with Crippen LogP contribution in [0.2, 0.25) is 0 Å². The Morgan fingerprint density at radius 2 is 1.68 bits per heavy atom. The van der Waals surface area contributed by atoms with Crippen molar-refractivity contribution in [3.8, 4) is 0 Å². The Morgan fingerprint density at radius 1 is 1.07 bits per heavy atom. The highest BCUT2D eigenvalue weighted by Gasteiger charge is 2.37. The molecular formula is C22H19NO5. The zero-order valence-corrected chi connectivity index (χ0v) is 15.2. The fraction of sp³-hybridized carbons (Fsp3) is 0.182. The highest BCUT2D eigenvalue weighted by molar-refractivity contribution is 6.30. The van der Waals surface area contributed by atoms with Gasteiger partial charge in [0.15, 0.2) is 5.78 Å². The number of carbonyl (C=O) groups is 4. The van der Waals surface area contributed by atoms with Gasteiger partial charge < -0.3 is 4.74 Å². The van der Waals surface area contributed by atoms with Crippen LogP contribution in [0.15, 0.2) is 72.3 Å². The Bertz CT molecular complexity index is 1040. The smallest absolute Gasteiger partial charge is 0.317 e. The first kappa shape index (κ1) is 16.6. The predicted molar refractivity (Wildman–Crippen MR) is 103 cm³/mol. The number of imide groups is 1. The second kappa shape index (κ2) is 8.43. The standard InChI is InChI=1S/C22H19NO5/c1-2-28-22(27)18(20(25)15-9-5-3-6-10-15)13-16-14-19(24)23(21(16)26)17-11-7-4-8-12-17/h3-12,14,18H,2,13H2,1H3/i14D,18D. The van der Waals surface area contributed by atoms with Gasteiger partial charge in [-0.1, -0.05) is 48.5 Å². The second-order valence-electron chi connectivity index (χ2n) is 5.96. The molecule has 6 heteroatoms. The normalized spacial score (nSPS) is 17.1. The van der Waals surface area contributed by atoms with E-state index < -0.39 is 41.9 Å². The van der Waals surface area contributed by atoms with Crippen molar-refractivity contribution in [2.75, 3.05) is 11.5 Å². The maximum Gasteiger partial charge on any atom is 0.317 e. The third-order valence-corrected chi connectivity index (χ3v) is 4.12. The number of amides is 2. The first-order chi connectivity index (χ1) is 14.3. The molecule has 0 bridgehead atoms. The number of para-hydroxylation sites is 1. The number of Topliss-reactive ketones (excluding diaryl/α,β-unsaturated/α-hetero) is 1. The summed E-state index contributed by atoms with van der Waals surface area (Å²) in [5.74, 6) is -6.24. The van der Waals surface area contributed by atoms with Gasteiger partial charge in [-0.15, -0.1) is 0 Å². The van der Waals surface area contributed by atoms with E-state index in [2.05, 4.69) is 0 Å². The molecule has 1 atom stereocenters. The zero-order chi connectivity index (χ0) is 21.9. The van der Waals surface area contributed by atoms with Crippen LogP contribution in [-0.4, -0.2) is 30.2 Å². The van der Waals surface area contributed by atoms with Crippen LogP contribution in [0.25, 0.3) is 0 Å². The van der Waals surface area contributed by atoms with Crippen molar-refractivity contribution in [2.24, 2.45) is 5.89 Å². The maximum atomic E-state index is 13.0. The van der Waals surface area contributed by atoms with Crippen LogP contribution in [0.4, 0.5) is 5.69 Å². The molecule has 3 rings (SSSR count). The van der Waals surface area contributed by atoms with Gasteiger partial charge in [-0.05, 0) is 25.5 Å². The first-order valence-corrected chi connectivity index (χ1v) is 8.72. The summed E-state index contributed by atoms with van der Waals surface area (Å²) in [5, 5.41) is 0. The SMILES string of the molecule is [2H]C1=C(CC([2H])(C(=O)OCC)C(=O)c2ccccc2)C(=O)N(c2ccccc2)C1=O. The Hall–Kier alpha value is -3.54. The molecule has 1 aliphatic rings. The van der Waals surface area contributed by atoms with E-state index >= 15 is 0 Å². The molecule has 0 N–H and O–H groups in total. The van der Waals surface area contributed by atoms with E-state index in [4.69, 9.17) is 7.48 Å². The lowest BCUT2D eigenvalue weighted by atomic mass is 9.91. The van der Waals surface area contributed by atoms with E-state index in [-0.39, 0.29) is 23.4 Å². The molecule has 142 valence electrons. The lowest BCUT2D eigenvalue weighted by molar-refractivity contribution is -0.146. The minimum atomic E-state index is -2.51. The molecule has 0 aliphatic carbocycles. The van der Waals surface area contributed by atoms with Crippen molar-refractivity contribution < 1.29 is 26.7 Å². The van der Waals surface area contributed by atoms with Crippen LogP contribution in [0, 0.1) is 5.89 Å². The predicted octanol–water partition coefficient (Wildman–Crippen LogP) is 2.94. The van der Waals surface area contributed by atoms with Crippen LogP contribution in [0.5, 0.6) is 0 Å². The molecule has 0 spiro atoms. The number of rotatable bonds is 7. The van der Waals surface area contributed by atoms with Crippen LogP contribution in [0.3, 0.4) is 0 Å². The Labute approximate surface area is 165 Å². The van der Waals surface area contributed by atoms with Gasteiger partial charge >= 0.3 is 5.97 Å². The molecule has 2 aromatic rings. The number of benzene rings is 2. The summed E-state index contributed by atoms with van der Waals surface area (Å²) < 4.78 is 21.7. The van der Waals surface area contributed by atoms with Crippen molar-refractivity contribution in [3.63, 3.8) is 0 Å². The number of esters is 1. The van der Waals surface area contributed by atoms with E-state index in [9.17, 15) is 19.2 Å². The lowest BCUT2D eigenvalue weighted by Gasteiger charge is -2.17. The summed E-state index contributed by atoms with van der Waals surface area (Å²) in [5.41, 5.74) is -0.0334. The van der Waals surface area contributed by atoms with Crippen molar-refractivity contribution in [3.05, 3.63) is 77.9 Å². The van der Waals surface area contributed by atoms with Gasteiger partial charge in [0, 0.05) is 17.2 Å². The fourth-order valence-electron chi connectivity index (χ4n) is 2.80. The van der Waals surface area contributed by atoms with Gasteiger partial charge in [-0.2, -0.15) is 0 Å². The molecular weight excluding hydrogens is 358 g/mol. The lowest BCUT2D eigenvalue weighted by Crippen LogP contribution is -2.32. The van der Waals surface area contributed by atoms with Gasteiger partial charge in [0.25, 0.3) is 11.8 Å². The summed E-state index contributed by atoms with van der Waals surface area (Å²) in [6.45, 7) is 1.46. The molecule has 1 aliphatic heterocycles. The maximum absolute atomic E-state index is 13.0. The third-order valence-electron chi connectivity index (χ3n) is 4.12. The van der Waals surface area contributed by atoms with Gasteiger partial charge in [0.2, 0.25) is 0 Å². The quantitative estimate of drug-likeness (QED) is 0.320. The zero-order valence-electron chi connectivity index (χ0n) is 17.2. The van der Waals surface area contributed by atoms with E-state index in [0.717, 1.165) is 4.90 Å². The molecule has 1 heterocycles. The first-order valence-electron chi connectivity index (χ1n) is 9.72. The molecule has 1 unspecified atom stereocenters. The van der Waals surface area contributed by atoms with Crippen molar-refractivity contribution >= 4 is 29.3 Å². The number of ether oxygens (including phenoxy) is 1. The van der Waals surface area contributed by atoms with Crippen molar-refractivity contribution in [1.82, 2.24) is 0 Å². The van der Waals surface area contributed by atoms with E-state index in [0.29, 0.717) is 0 Å². The van der Waals surface area contributed by atoms with Gasteiger partial charge in [-0.25, -0.2) is 4.90 Å². The minimum Gasteiger partial charge on any atom is -0.465 e. The topological polar surface area (TPSA) is 80.8 Å². The van der Waals surface area contributed by atoms with Gasteiger partial charge in [0.05, 0.1) is 15.0 Å². The number of anilines is 1. The highest BCUT2D eigenvalue weighted by atomic mass is 16.5. The average Bonchev–Trinajstić information content (AvgIpc) is 2.97. The monoisotopic (exact) mass is 379 g/mol. The molecule has 2 aromatic carbocycles. The van der Waals surface area contributed by atoms with Crippen molar-refractivity contribution in [2.45, 2.75) is 13.3 Å². The van der Waals surface area contributed by atoms with E-state index in [1.807, 2.05) is 0 Å². The molecule has 0 saturated heterocycles. The Kier molecular flexibility index (Phi) is 5.01. The van der Waals surface area contributed by atoms with E-state index in [1.165, 1.54) is 31.2 Å². The van der Waals surface area contributed by atoms with Crippen LogP contribution < -0.4 is 4.90 Å². The second-order valence-corrected chi connectivity index (χ2v) is 5.96. The molecule has 0 aromatic heterocycles. The van der Waals surface area contributed by atoms with Gasteiger partial charge in [-0.3, -0.25) is 19.2 Å². The third kappa shape index (κ3) is 3.91. The summed E-state index contributed by atoms with van der Waals surface area (Å²) in [6.07, 6.45) is -0.744. The summed E-state index contributed by atoms with van der Waals surface area (Å²) in [7, 11) is 0. The highest BCUT2D eigenvalue weighted by Crippen LogP contribution is 2.27. The minimum absolute atomic E-state index is 0.0721. The molecule has 0 fully saturated rings. The fourth-order valence-corrected chi connectivity index (χ4v) is 2.80. The molecule has 28 heavy (non-hydrogen) atoms. The Morgan fingerprint density at radius 3 is 2.29 bits per heavy atom. The summed E-state index contributed by atoms with van der Waals surface area (Å²) >= 11 is 0. The number of carbonyl (C=O) groups excluding carboxylic acids is 4. The molecule has 6 nitrogen and oxygen atoms in total. The number of hydrogen-bond acceptors (Lipinski definition) is 5. The summed E-state index contributed by atoms with van der Waals surface area (Å²) in [4.78, 5) is 51.9. The van der Waals surface area contributed by atoms with E-state index in [1.54, 1.807) is 36.4 Å².